The minimum absolute atomic E-state index is 0.209. The van der Waals surface area contributed by atoms with E-state index in [0.717, 1.165) is 5.69 Å². The number of ether oxygens (including phenoxy) is 1. The number of phenolic OH excluding ortho intramolecular Hbond substituents is 1. The molecule has 0 bridgehead atoms. The summed E-state index contributed by atoms with van der Waals surface area (Å²) >= 11 is 0. The SMILES string of the molecule is COc1ccc(NC2CCC3(CCCC3)CC2)cc1O. The number of benzene rings is 1. The third-order valence-electron chi connectivity index (χ3n) is 5.26. The normalized spacial score (nSPS) is 22.1. The third kappa shape index (κ3) is 2.72. The first-order chi connectivity index (χ1) is 9.71. The molecule has 0 aromatic heterocycles. The Hall–Kier alpha value is -1.38. The van der Waals surface area contributed by atoms with Gasteiger partial charge in [-0.2, -0.15) is 0 Å². The highest BCUT2D eigenvalue weighted by Crippen LogP contribution is 2.49. The molecule has 0 amide bonds. The Bertz CT molecular complexity index is 456. The highest BCUT2D eigenvalue weighted by Gasteiger charge is 2.37. The first kappa shape index (κ1) is 13.6. The molecular weight excluding hydrogens is 250 g/mol. The summed E-state index contributed by atoms with van der Waals surface area (Å²) < 4.78 is 5.08. The third-order valence-corrected chi connectivity index (χ3v) is 5.26. The highest BCUT2D eigenvalue weighted by molar-refractivity contribution is 5.54. The lowest BCUT2D eigenvalue weighted by Crippen LogP contribution is -2.31. The van der Waals surface area contributed by atoms with Gasteiger partial charge in [0.1, 0.15) is 0 Å². The molecule has 0 unspecified atom stereocenters. The molecular formula is C17H25NO2. The van der Waals surface area contributed by atoms with E-state index in [1.54, 1.807) is 13.2 Å². The van der Waals surface area contributed by atoms with Crippen LogP contribution in [0.3, 0.4) is 0 Å². The fourth-order valence-corrected chi connectivity index (χ4v) is 4.01. The highest BCUT2D eigenvalue weighted by atomic mass is 16.5. The molecule has 0 radical (unpaired) electrons. The van der Waals surface area contributed by atoms with E-state index in [1.807, 2.05) is 12.1 Å². The predicted molar refractivity (Wildman–Crippen MR) is 81.4 cm³/mol. The fourth-order valence-electron chi connectivity index (χ4n) is 4.01. The van der Waals surface area contributed by atoms with Gasteiger partial charge in [-0.25, -0.2) is 0 Å². The molecule has 1 aromatic carbocycles. The van der Waals surface area contributed by atoms with Gasteiger partial charge in [-0.15, -0.1) is 0 Å². The average molecular weight is 275 g/mol. The molecule has 3 heteroatoms. The van der Waals surface area contributed by atoms with Crippen LogP contribution < -0.4 is 10.1 Å². The molecule has 0 atom stereocenters. The van der Waals surface area contributed by atoms with E-state index in [1.165, 1.54) is 51.4 Å². The maximum absolute atomic E-state index is 9.82. The van der Waals surface area contributed by atoms with Crippen molar-refractivity contribution < 1.29 is 9.84 Å². The number of aromatic hydroxyl groups is 1. The molecule has 110 valence electrons. The molecule has 3 rings (SSSR count). The van der Waals surface area contributed by atoms with E-state index in [-0.39, 0.29) is 5.75 Å². The summed E-state index contributed by atoms with van der Waals surface area (Å²) in [4.78, 5) is 0. The van der Waals surface area contributed by atoms with Crippen molar-refractivity contribution in [1.29, 1.82) is 0 Å². The zero-order valence-electron chi connectivity index (χ0n) is 12.3. The number of nitrogens with one attached hydrogen (secondary N) is 1. The maximum atomic E-state index is 9.82. The topological polar surface area (TPSA) is 41.5 Å². The minimum atomic E-state index is 0.209. The van der Waals surface area contributed by atoms with Gasteiger partial charge in [0.15, 0.2) is 11.5 Å². The van der Waals surface area contributed by atoms with Crippen LogP contribution in [0.25, 0.3) is 0 Å². The summed E-state index contributed by atoms with van der Waals surface area (Å²) in [7, 11) is 1.57. The zero-order valence-corrected chi connectivity index (χ0v) is 12.3. The van der Waals surface area contributed by atoms with Crippen molar-refractivity contribution in [3.05, 3.63) is 18.2 Å². The molecule has 2 saturated carbocycles. The second kappa shape index (κ2) is 5.55. The van der Waals surface area contributed by atoms with Gasteiger partial charge in [-0.3, -0.25) is 0 Å². The van der Waals surface area contributed by atoms with Gasteiger partial charge >= 0.3 is 0 Å². The number of phenols is 1. The van der Waals surface area contributed by atoms with E-state index in [4.69, 9.17) is 4.74 Å². The Morgan fingerprint density at radius 1 is 1.15 bits per heavy atom. The molecule has 0 aliphatic heterocycles. The first-order valence-electron chi connectivity index (χ1n) is 7.84. The van der Waals surface area contributed by atoms with Gasteiger partial charge in [0.2, 0.25) is 0 Å². The fraction of sp³-hybridized carbons (Fsp3) is 0.647. The monoisotopic (exact) mass is 275 g/mol. The summed E-state index contributed by atoms with van der Waals surface area (Å²) in [5, 5.41) is 13.4. The average Bonchev–Trinajstić information content (AvgIpc) is 2.90. The lowest BCUT2D eigenvalue weighted by atomic mass is 9.71. The smallest absolute Gasteiger partial charge is 0.160 e. The van der Waals surface area contributed by atoms with Crippen LogP contribution in [0, 0.1) is 5.41 Å². The quantitative estimate of drug-likeness (QED) is 0.863. The van der Waals surface area contributed by atoms with Crippen LogP contribution in [0.4, 0.5) is 5.69 Å². The van der Waals surface area contributed by atoms with Crippen LogP contribution in [0.5, 0.6) is 11.5 Å². The minimum Gasteiger partial charge on any atom is -0.504 e. The van der Waals surface area contributed by atoms with Crippen molar-refractivity contribution in [1.82, 2.24) is 0 Å². The van der Waals surface area contributed by atoms with Crippen LogP contribution in [0.1, 0.15) is 51.4 Å². The van der Waals surface area contributed by atoms with E-state index >= 15 is 0 Å². The molecule has 2 aliphatic carbocycles. The Kier molecular flexibility index (Phi) is 3.77. The van der Waals surface area contributed by atoms with Crippen molar-refractivity contribution in [3.8, 4) is 11.5 Å². The van der Waals surface area contributed by atoms with Crippen molar-refractivity contribution in [2.24, 2.45) is 5.41 Å². The summed E-state index contributed by atoms with van der Waals surface area (Å²) in [6.07, 6.45) is 11.0. The van der Waals surface area contributed by atoms with Crippen molar-refractivity contribution in [3.63, 3.8) is 0 Å². The number of hydrogen-bond acceptors (Lipinski definition) is 3. The van der Waals surface area contributed by atoms with Gasteiger partial charge < -0.3 is 15.2 Å². The van der Waals surface area contributed by atoms with E-state index < -0.39 is 0 Å². The van der Waals surface area contributed by atoms with Crippen molar-refractivity contribution >= 4 is 5.69 Å². The predicted octanol–water partition coefficient (Wildman–Crippen LogP) is 4.32. The summed E-state index contributed by atoms with van der Waals surface area (Å²) in [5.74, 6) is 0.740. The zero-order chi connectivity index (χ0) is 14.0. The Morgan fingerprint density at radius 3 is 2.45 bits per heavy atom. The second-order valence-corrected chi connectivity index (χ2v) is 6.51. The summed E-state index contributed by atoms with van der Waals surface area (Å²) in [5.41, 5.74) is 1.68. The van der Waals surface area contributed by atoms with Crippen LogP contribution in [-0.4, -0.2) is 18.3 Å². The first-order valence-corrected chi connectivity index (χ1v) is 7.84. The number of rotatable bonds is 3. The molecule has 1 spiro atoms. The van der Waals surface area contributed by atoms with Crippen LogP contribution >= 0.6 is 0 Å². The van der Waals surface area contributed by atoms with E-state index in [0.29, 0.717) is 17.2 Å². The molecule has 0 saturated heterocycles. The molecule has 0 heterocycles. The summed E-state index contributed by atoms with van der Waals surface area (Å²) in [6, 6.07) is 6.12. The van der Waals surface area contributed by atoms with E-state index in [9.17, 15) is 5.11 Å². The van der Waals surface area contributed by atoms with Crippen LogP contribution in [0.15, 0.2) is 18.2 Å². The molecule has 2 fully saturated rings. The number of methoxy groups -OCH3 is 1. The van der Waals surface area contributed by atoms with Crippen LogP contribution in [0.2, 0.25) is 0 Å². The number of hydrogen-bond donors (Lipinski definition) is 2. The Morgan fingerprint density at radius 2 is 1.85 bits per heavy atom. The van der Waals surface area contributed by atoms with Crippen molar-refractivity contribution in [2.45, 2.75) is 57.4 Å². The Labute approximate surface area is 121 Å². The Balaban J connectivity index is 1.58. The molecule has 2 N–H and O–H groups in total. The lowest BCUT2D eigenvalue weighted by Gasteiger charge is -2.37. The van der Waals surface area contributed by atoms with Gasteiger partial charge in [0.05, 0.1) is 7.11 Å². The molecule has 3 nitrogen and oxygen atoms in total. The second-order valence-electron chi connectivity index (χ2n) is 6.51. The largest absolute Gasteiger partial charge is 0.504 e. The van der Waals surface area contributed by atoms with Gasteiger partial charge in [-0.05, 0) is 56.1 Å². The number of anilines is 1. The van der Waals surface area contributed by atoms with Gasteiger partial charge in [0.25, 0.3) is 0 Å². The summed E-state index contributed by atoms with van der Waals surface area (Å²) in [6.45, 7) is 0. The standard InChI is InChI=1S/C17H25NO2/c1-20-16-5-4-14(12-15(16)19)18-13-6-10-17(11-7-13)8-2-3-9-17/h4-5,12-13,18-19H,2-3,6-11H2,1H3. The van der Waals surface area contributed by atoms with Gasteiger partial charge in [-0.1, -0.05) is 12.8 Å². The molecule has 20 heavy (non-hydrogen) atoms. The van der Waals surface area contributed by atoms with Gasteiger partial charge in [0, 0.05) is 17.8 Å². The van der Waals surface area contributed by atoms with Crippen LogP contribution in [-0.2, 0) is 0 Å². The van der Waals surface area contributed by atoms with Crippen molar-refractivity contribution in [2.75, 3.05) is 12.4 Å². The van der Waals surface area contributed by atoms with E-state index in [2.05, 4.69) is 5.32 Å². The molecule has 2 aliphatic rings. The maximum Gasteiger partial charge on any atom is 0.160 e. The lowest BCUT2D eigenvalue weighted by molar-refractivity contribution is 0.188. The molecule has 1 aromatic rings.